The van der Waals surface area contributed by atoms with Crippen molar-refractivity contribution in [2.45, 2.75) is 47.1 Å². The van der Waals surface area contributed by atoms with Crippen molar-refractivity contribution in [3.05, 3.63) is 53.0 Å². The molecule has 7 heteroatoms. The standard InChI is InChI=1S/C19H24N6O/c1-5-6-11-24-17(9-10-20-24)21-19(26)18-15(4)22-25(23-18)16-8-7-13(2)12-14(16)3/h7-10,12H,5-6,11H2,1-4H3,(H,21,26). The molecule has 0 atom stereocenters. The van der Waals surface area contributed by atoms with Crippen molar-refractivity contribution < 1.29 is 4.79 Å². The van der Waals surface area contributed by atoms with Crippen molar-refractivity contribution in [3.8, 4) is 5.69 Å². The van der Waals surface area contributed by atoms with Gasteiger partial charge in [-0.15, -0.1) is 5.10 Å². The van der Waals surface area contributed by atoms with E-state index in [1.54, 1.807) is 23.9 Å². The fourth-order valence-electron chi connectivity index (χ4n) is 2.83. The van der Waals surface area contributed by atoms with Crippen LogP contribution in [0.3, 0.4) is 0 Å². The summed E-state index contributed by atoms with van der Waals surface area (Å²) in [4.78, 5) is 14.2. The monoisotopic (exact) mass is 352 g/mol. The highest BCUT2D eigenvalue weighted by molar-refractivity contribution is 6.03. The highest BCUT2D eigenvalue weighted by Crippen LogP contribution is 2.16. The van der Waals surface area contributed by atoms with E-state index in [1.165, 1.54) is 10.4 Å². The van der Waals surface area contributed by atoms with Crippen molar-refractivity contribution in [3.63, 3.8) is 0 Å². The van der Waals surface area contributed by atoms with Crippen LogP contribution in [0.25, 0.3) is 5.69 Å². The number of benzene rings is 1. The van der Waals surface area contributed by atoms with Crippen LogP contribution in [0.5, 0.6) is 0 Å². The lowest BCUT2D eigenvalue weighted by Crippen LogP contribution is -2.17. The van der Waals surface area contributed by atoms with Crippen LogP contribution in [0.4, 0.5) is 5.82 Å². The number of aromatic nitrogens is 5. The minimum atomic E-state index is -0.281. The summed E-state index contributed by atoms with van der Waals surface area (Å²) in [6, 6.07) is 7.83. The molecule has 136 valence electrons. The van der Waals surface area contributed by atoms with E-state index in [9.17, 15) is 4.79 Å². The molecule has 0 aliphatic heterocycles. The average molecular weight is 352 g/mol. The van der Waals surface area contributed by atoms with Crippen molar-refractivity contribution in [2.24, 2.45) is 0 Å². The van der Waals surface area contributed by atoms with Gasteiger partial charge in [-0.05, 0) is 38.8 Å². The van der Waals surface area contributed by atoms with Crippen LogP contribution >= 0.6 is 0 Å². The molecule has 3 aromatic rings. The van der Waals surface area contributed by atoms with Gasteiger partial charge in [0.25, 0.3) is 5.91 Å². The Morgan fingerprint density at radius 3 is 2.69 bits per heavy atom. The van der Waals surface area contributed by atoms with Gasteiger partial charge in [-0.3, -0.25) is 4.79 Å². The Bertz CT molecular complexity index is 924. The molecule has 2 heterocycles. The summed E-state index contributed by atoms with van der Waals surface area (Å²) in [5.74, 6) is 0.390. The van der Waals surface area contributed by atoms with E-state index < -0.39 is 0 Å². The summed E-state index contributed by atoms with van der Waals surface area (Å²) >= 11 is 0. The van der Waals surface area contributed by atoms with Crippen LogP contribution < -0.4 is 5.32 Å². The van der Waals surface area contributed by atoms with Gasteiger partial charge in [0, 0.05) is 12.6 Å². The second-order valence-electron chi connectivity index (χ2n) is 6.46. The molecule has 7 nitrogen and oxygen atoms in total. The van der Waals surface area contributed by atoms with E-state index in [-0.39, 0.29) is 5.91 Å². The van der Waals surface area contributed by atoms with Gasteiger partial charge in [-0.2, -0.15) is 15.0 Å². The number of amides is 1. The molecule has 0 fully saturated rings. The SMILES string of the molecule is CCCCn1nccc1NC(=O)c1nn(-c2ccc(C)cc2C)nc1C. The first-order valence-electron chi connectivity index (χ1n) is 8.84. The first-order valence-corrected chi connectivity index (χ1v) is 8.84. The number of carbonyl (C=O) groups is 1. The lowest BCUT2D eigenvalue weighted by molar-refractivity contribution is 0.102. The second kappa shape index (κ2) is 7.51. The van der Waals surface area contributed by atoms with Crippen molar-refractivity contribution in [1.29, 1.82) is 0 Å². The molecule has 1 N–H and O–H groups in total. The number of unbranched alkanes of at least 4 members (excludes halogenated alkanes) is 1. The van der Waals surface area contributed by atoms with Crippen LogP contribution in [0, 0.1) is 20.8 Å². The molecule has 0 bridgehead atoms. The van der Waals surface area contributed by atoms with Gasteiger partial charge in [0.2, 0.25) is 0 Å². The highest BCUT2D eigenvalue weighted by Gasteiger charge is 2.18. The molecule has 1 aromatic carbocycles. The molecule has 0 aliphatic rings. The van der Waals surface area contributed by atoms with Crippen LogP contribution in [-0.2, 0) is 6.54 Å². The lowest BCUT2D eigenvalue weighted by atomic mass is 10.1. The number of hydrogen-bond acceptors (Lipinski definition) is 4. The fourth-order valence-corrected chi connectivity index (χ4v) is 2.83. The Morgan fingerprint density at radius 1 is 1.15 bits per heavy atom. The van der Waals surface area contributed by atoms with Gasteiger partial charge in [-0.1, -0.05) is 31.0 Å². The molecule has 0 unspecified atom stereocenters. The van der Waals surface area contributed by atoms with Crippen molar-refractivity contribution >= 4 is 11.7 Å². The number of aryl methyl sites for hydroxylation is 4. The Balaban J connectivity index is 1.83. The lowest BCUT2D eigenvalue weighted by Gasteiger charge is -2.07. The van der Waals surface area contributed by atoms with E-state index in [0.717, 1.165) is 30.6 Å². The first-order chi connectivity index (χ1) is 12.5. The Hall–Kier alpha value is -2.96. The molecule has 26 heavy (non-hydrogen) atoms. The molecular weight excluding hydrogens is 328 g/mol. The maximum absolute atomic E-state index is 12.7. The van der Waals surface area contributed by atoms with Crippen LogP contribution in [0.1, 0.15) is 47.1 Å². The maximum Gasteiger partial charge on any atom is 0.279 e. The maximum atomic E-state index is 12.7. The predicted molar refractivity (Wildman–Crippen MR) is 101 cm³/mol. The van der Waals surface area contributed by atoms with E-state index in [4.69, 9.17) is 0 Å². The largest absolute Gasteiger partial charge is 0.305 e. The van der Waals surface area contributed by atoms with E-state index in [0.29, 0.717) is 17.2 Å². The molecule has 1 amide bonds. The molecule has 0 radical (unpaired) electrons. The molecular formula is C19H24N6O. The van der Waals surface area contributed by atoms with Gasteiger partial charge >= 0.3 is 0 Å². The van der Waals surface area contributed by atoms with Gasteiger partial charge in [0.15, 0.2) is 5.69 Å². The zero-order valence-electron chi connectivity index (χ0n) is 15.7. The third-order valence-electron chi connectivity index (χ3n) is 4.25. The van der Waals surface area contributed by atoms with Gasteiger partial charge in [0.1, 0.15) is 5.82 Å². The smallest absolute Gasteiger partial charge is 0.279 e. The summed E-state index contributed by atoms with van der Waals surface area (Å²) in [7, 11) is 0. The average Bonchev–Trinajstić information content (AvgIpc) is 3.19. The molecule has 0 saturated carbocycles. The number of anilines is 1. The van der Waals surface area contributed by atoms with E-state index >= 15 is 0 Å². The first kappa shape index (κ1) is 17.8. The molecule has 3 rings (SSSR count). The van der Waals surface area contributed by atoms with Gasteiger partial charge in [0.05, 0.1) is 17.6 Å². The number of nitrogens with zero attached hydrogens (tertiary/aromatic N) is 5. The Kier molecular flexibility index (Phi) is 5.16. The summed E-state index contributed by atoms with van der Waals surface area (Å²) in [6.45, 7) is 8.73. The number of hydrogen-bond donors (Lipinski definition) is 1. The van der Waals surface area contributed by atoms with E-state index in [2.05, 4.69) is 33.6 Å². The normalized spacial score (nSPS) is 10.9. The summed E-state index contributed by atoms with van der Waals surface area (Å²) < 4.78 is 1.80. The topological polar surface area (TPSA) is 77.6 Å². The fraction of sp³-hybridized carbons (Fsp3) is 0.368. The zero-order chi connectivity index (χ0) is 18.7. The van der Waals surface area contributed by atoms with Crippen LogP contribution in [-0.4, -0.2) is 30.7 Å². The zero-order valence-corrected chi connectivity index (χ0v) is 15.7. The minimum absolute atomic E-state index is 0.281. The van der Waals surface area contributed by atoms with E-state index in [1.807, 2.05) is 26.0 Å². The second-order valence-corrected chi connectivity index (χ2v) is 6.46. The molecule has 0 aliphatic carbocycles. The van der Waals surface area contributed by atoms with Crippen LogP contribution in [0.2, 0.25) is 0 Å². The van der Waals surface area contributed by atoms with Crippen molar-refractivity contribution in [2.75, 3.05) is 5.32 Å². The Morgan fingerprint density at radius 2 is 1.96 bits per heavy atom. The summed E-state index contributed by atoms with van der Waals surface area (Å²) in [5.41, 5.74) is 4.00. The Labute approximate surface area is 153 Å². The highest BCUT2D eigenvalue weighted by atomic mass is 16.2. The van der Waals surface area contributed by atoms with Gasteiger partial charge in [-0.25, -0.2) is 4.68 Å². The molecule has 2 aromatic heterocycles. The van der Waals surface area contributed by atoms with Crippen LogP contribution in [0.15, 0.2) is 30.5 Å². The minimum Gasteiger partial charge on any atom is -0.305 e. The predicted octanol–water partition coefficient (Wildman–Crippen LogP) is 3.44. The molecule has 0 saturated heterocycles. The number of nitrogens with one attached hydrogen (secondary N) is 1. The summed E-state index contributed by atoms with van der Waals surface area (Å²) in [5, 5.41) is 16.0. The van der Waals surface area contributed by atoms with Crippen molar-refractivity contribution in [1.82, 2.24) is 24.8 Å². The summed E-state index contributed by atoms with van der Waals surface area (Å²) in [6.07, 6.45) is 3.76. The number of carbonyl (C=O) groups excluding carboxylic acids is 1. The third kappa shape index (κ3) is 3.66. The quantitative estimate of drug-likeness (QED) is 0.737. The molecule has 0 spiro atoms. The number of rotatable bonds is 6. The third-order valence-corrected chi connectivity index (χ3v) is 4.25. The van der Waals surface area contributed by atoms with Gasteiger partial charge < -0.3 is 5.32 Å².